The van der Waals surface area contributed by atoms with E-state index in [2.05, 4.69) is 15.3 Å². The number of esters is 1. The molecule has 40 heavy (non-hydrogen) atoms. The zero-order valence-corrected chi connectivity index (χ0v) is 21.6. The highest BCUT2D eigenvalue weighted by molar-refractivity contribution is 5.70. The van der Waals surface area contributed by atoms with Crippen LogP contribution in [-0.4, -0.2) is 52.2 Å². The van der Waals surface area contributed by atoms with Gasteiger partial charge in [-0.1, -0.05) is 24.3 Å². The Morgan fingerprint density at radius 3 is 2.45 bits per heavy atom. The van der Waals surface area contributed by atoms with Crippen LogP contribution in [0.1, 0.15) is 53.5 Å². The Balaban J connectivity index is 1.58. The van der Waals surface area contributed by atoms with Gasteiger partial charge >= 0.3 is 18.2 Å². The Labute approximate surface area is 228 Å². The molecule has 8 nitrogen and oxygen atoms in total. The number of aromatic nitrogens is 2. The summed E-state index contributed by atoms with van der Waals surface area (Å²) in [5, 5.41) is 12.1. The number of anilines is 2. The number of amides is 1. The fourth-order valence-electron chi connectivity index (χ4n) is 4.86. The van der Waals surface area contributed by atoms with E-state index in [9.17, 15) is 27.2 Å². The van der Waals surface area contributed by atoms with Crippen molar-refractivity contribution in [3.63, 3.8) is 0 Å². The Morgan fingerprint density at radius 1 is 1.15 bits per heavy atom. The average molecular weight is 561 g/mol. The molecule has 1 aliphatic rings. The summed E-state index contributed by atoms with van der Waals surface area (Å²) in [6.45, 7) is 0.898. The third-order valence-electron chi connectivity index (χ3n) is 6.93. The van der Waals surface area contributed by atoms with E-state index < -0.39 is 47.7 Å². The van der Waals surface area contributed by atoms with Crippen LogP contribution in [0.4, 0.5) is 34.0 Å². The summed E-state index contributed by atoms with van der Waals surface area (Å²) >= 11 is 0. The van der Waals surface area contributed by atoms with E-state index in [1.165, 1.54) is 23.1 Å². The fraction of sp³-hybridized carbons (Fsp3) is 0.357. The topological polar surface area (TPSA) is 105 Å². The first kappa shape index (κ1) is 28.8. The van der Waals surface area contributed by atoms with Gasteiger partial charge in [0.05, 0.1) is 24.8 Å². The average Bonchev–Trinajstić information content (AvgIpc) is 2.92. The van der Waals surface area contributed by atoms with Gasteiger partial charge in [-0.05, 0) is 60.6 Å². The summed E-state index contributed by atoms with van der Waals surface area (Å²) in [7, 11) is 1.14. The molecule has 0 bridgehead atoms. The number of nitrogens with zero attached hydrogens (tertiary/aromatic N) is 3. The molecule has 1 saturated heterocycles. The van der Waals surface area contributed by atoms with E-state index in [1.807, 2.05) is 12.1 Å². The molecule has 1 atom stereocenters. The number of halogens is 4. The molecule has 0 aliphatic carbocycles. The Kier molecular flexibility index (Phi) is 8.86. The summed E-state index contributed by atoms with van der Waals surface area (Å²) in [6.07, 6.45) is -4.15. The third kappa shape index (κ3) is 7.25. The van der Waals surface area contributed by atoms with E-state index in [-0.39, 0.29) is 18.3 Å². The van der Waals surface area contributed by atoms with Gasteiger partial charge in [0.25, 0.3) is 0 Å². The van der Waals surface area contributed by atoms with E-state index in [1.54, 1.807) is 18.2 Å². The highest BCUT2D eigenvalue weighted by Gasteiger charge is 2.38. The molecule has 2 heterocycles. The number of rotatable bonds is 8. The zero-order chi connectivity index (χ0) is 28.9. The van der Waals surface area contributed by atoms with Gasteiger partial charge in [0.2, 0.25) is 5.95 Å². The molecule has 1 aliphatic heterocycles. The van der Waals surface area contributed by atoms with E-state index >= 15 is 0 Å². The maximum absolute atomic E-state index is 14.0. The second-order valence-corrected chi connectivity index (χ2v) is 9.59. The van der Waals surface area contributed by atoms with Crippen molar-refractivity contribution in [2.24, 2.45) is 0 Å². The van der Waals surface area contributed by atoms with Gasteiger partial charge in [-0.2, -0.15) is 13.2 Å². The third-order valence-corrected chi connectivity index (χ3v) is 6.93. The molecule has 3 aromatic rings. The number of hydrogen-bond acceptors (Lipinski definition) is 6. The second-order valence-electron chi connectivity index (χ2n) is 9.59. The SMILES string of the molecule is COC(=O)CC(Cc1cccc(F)c1)c1nc(Nc2ccc(C3CCN(C(=O)O)CC3)cc2)ncc1C(F)(F)F. The van der Waals surface area contributed by atoms with Crippen molar-refractivity contribution in [1.29, 1.82) is 0 Å². The molecule has 212 valence electrons. The van der Waals surface area contributed by atoms with Crippen molar-refractivity contribution < 1.29 is 37.0 Å². The van der Waals surface area contributed by atoms with Crippen LogP contribution in [0.25, 0.3) is 0 Å². The number of methoxy groups -OCH3 is 1. The minimum Gasteiger partial charge on any atom is -0.469 e. The van der Waals surface area contributed by atoms with Gasteiger partial charge in [0.15, 0.2) is 0 Å². The maximum atomic E-state index is 14.0. The van der Waals surface area contributed by atoms with E-state index in [0.29, 0.717) is 43.4 Å². The number of carbonyl (C=O) groups is 2. The van der Waals surface area contributed by atoms with E-state index in [4.69, 9.17) is 9.84 Å². The van der Waals surface area contributed by atoms with Crippen molar-refractivity contribution >= 4 is 23.7 Å². The van der Waals surface area contributed by atoms with Gasteiger partial charge in [-0.3, -0.25) is 4.79 Å². The molecular formula is C28H28F4N4O4. The van der Waals surface area contributed by atoms with Crippen LogP contribution >= 0.6 is 0 Å². The van der Waals surface area contributed by atoms with Crippen LogP contribution in [-0.2, 0) is 22.1 Å². The lowest BCUT2D eigenvalue weighted by Gasteiger charge is -2.30. The van der Waals surface area contributed by atoms with Crippen molar-refractivity contribution in [2.45, 2.75) is 43.7 Å². The predicted molar refractivity (Wildman–Crippen MR) is 138 cm³/mol. The first-order chi connectivity index (χ1) is 19.0. The molecule has 1 fully saturated rings. The largest absolute Gasteiger partial charge is 0.469 e. The lowest BCUT2D eigenvalue weighted by molar-refractivity contribution is -0.143. The molecule has 2 N–H and O–H groups in total. The Morgan fingerprint density at radius 2 is 1.85 bits per heavy atom. The molecule has 4 rings (SSSR count). The number of nitrogens with one attached hydrogen (secondary N) is 1. The minimum absolute atomic E-state index is 0.0816. The van der Waals surface area contributed by atoms with Gasteiger partial charge in [-0.15, -0.1) is 0 Å². The number of carbonyl (C=O) groups excluding carboxylic acids is 1. The van der Waals surface area contributed by atoms with Crippen molar-refractivity contribution in [3.05, 3.63) is 82.9 Å². The lowest BCUT2D eigenvalue weighted by atomic mass is 9.89. The van der Waals surface area contributed by atoms with E-state index in [0.717, 1.165) is 12.7 Å². The zero-order valence-electron chi connectivity index (χ0n) is 21.6. The molecule has 0 radical (unpaired) electrons. The first-order valence-corrected chi connectivity index (χ1v) is 12.6. The molecule has 0 spiro atoms. The van der Waals surface area contributed by atoms with Crippen molar-refractivity contribution in [1.82, 2.24) is 14.9 Å². The monoisotopic (exact) mass is 560 g/mol. The first-order valence-electron chi connectivity index (χ1n) is 12.6. The molecule has 1 aromatic heterocycles. The van der Waals surface area contributed by atoms with Gasteiger partial charge in [-0.25, -0.2) is 19.2 Å². The van der Waals surface area contributed by atoms with Crippen LogP contribution in [0.15, 0.2) is 54.7 Å². The lowest BCUT2D eigenvalue weighted by Crippen LogP contribution is -2.36. The van der Waals surface area contributed by atoms with Crippen LogP contribution in [0, 0.1) is 5.82 Å². The summed E-state index contributed by atoms with van der Waals surface area (Å²) in [5.74, 6) is -2.24. The number of likely N-dealkylation sites (tertiary alicyclic amines) is 1. The number of alkyl halides is 3. The normalized spacial score (nSPS) is 15.0. The number of hydrogen-bond donors (Lipinski definition) is 2. The molecular weight excluding hydrogens is 532 g/mol. The van der Waals surface area contributed by atoms with Crippen LogP contribution in [0.5, 0.6) is 0 Å². The molecule has 1 amide bonds. The highest BCUT2D eigenvalue weighted by Crippen LogP contribution is 2.37. The van der Waals surface area contributed by atoms with Crippen LogP contribution in [0.3, 0.4) is 0 Å². The Hall–Kier alpha value is -4.22. The van der Waals surface area contributed by atoms with Gasteiger partial charge in [0, 0.05) is 30.9 Å². The minimum atomic E-state index is -4.79. The molecule has 2 aromatic carbocycles. The van der Waals surface area contributed by atoms with Crippen LogP contribution in [0.2, 0.25) is 0 Å². The summed E-state index contributed by atoms with van der Waals surface area (Å²) < 4.78 is 60.4. The second kappa shape index (κ2) is 12.3. The molecule has 0 saturated carbocycles. The fourth-order valence-corrected chi connectivity index (χ4v) is 4.86. The summed E-state index contributed by atoms with van der Waals surface area (Å²) in [5.41, 5.74) is 0.470. The van der Waals surface area contributed by atoms with Gasteiger partial charge in [0.1, 0.15) is 5.82 Å². The number of piperidine rings is 1. The Bertz CT molecular complexity index is 1340. The van der Waals surface area contributed by atoms with Gasteiger partial charge < -0.3 is 20.1 Å². The van der Waals surface area contributed by atoms with Crippen molar-refractivity contribution in [3.8, 4) is 0 Å². The maximum Gasteiger partial charge on any atom is 0.419 e. The number of ether oxygens (including phenoxy) is 1. The van der Waals surface area contributed by atoms with Crippen LogP contribution < -0.4 is 5.32 Å². The quantitative estimate of drug-likeness (QED) is 0.253. The summed E-state index contributed by atoms with van der Waals surface area (Å²) in [4.78, 5) is 32.7. The smallest absolute Gasteiger partial charge is 0.419 e. The molecule has 1 unspecified atom stereocenters. The summed E-state index contributed by atoms with van der Waals surface area (Å²) in [6, 6.07) is 12.7. The molecule has 12 heteroatoms. The van der Waals surface area contributed by atoms with Crippen molar-refractivity contribution in [2.75, 3.05) is 25.5 Å². The standard InChI is InChI=1S/C28H28F4N4O4/c1-40-24(37)15-20(13-17-3-2-4-21(29)14-17)25-23(28(30,31)32)16-33-26(35-25)34-22-7-5-18(6-8-22)19-9-11-36(12-10-19)27(38)39/h2-8,14,16,19-20H,9-13,15H2,1H3,(H,38,39)(H,33,34,35). The predicted octanol–water partition coefficient (Wildman–Crippen LogP) is 6.12. The highest BCUT2D eigenvalue weighted by atomic mass is 19.4. The number of carboxylic acid groups (broad SMARTS) is 1. The number of benzene rings is 2.